The Labute approximate surface area is 113 Å². The molecule has 0 spiro atoms. The zero-order valence-electron chi connectivity index (χ0n) is 11.0. The fourth-order valence-corrected chi connectivity index (χ4v) is 3.13. The third kappa shape index (κ3) is 3.42. The molecule has 0 atom stereocenters. The van der Waals surface area contributed by atoms with E-state index >= 15 is 0 Å². The lowest BCUT2D eigenvalue weighted by Gasteiger charge is -2.08. The zero-order valence-corrected chi connectivity index (χ0v) is 11.8. The molecule has 5 nitrogen and oxygen atoms in total. The fraction of sp³-hybridized carbons (Fsp3) is 0.308. The van der Waals surface area contributed by atoms with Crippen molar-refractivity contribution < 1.29 is 8.42 Å². The van der Waals surface area contributed by atoms with Gasteiger partial charge in [0.05, 0.1) is 4.90 Å². The van der Waals surface area contributed by atoms with Crippen LogP contribution in [-0.4, -0.2) is 24.9 Å². The van der Waals surface area contributed by atoms with Gasteiger partial charge in [-0.15, -0.1) is 0 Å². The predicted molar refractivity (Wildman–Crippen MR) is 73.4 cm³/mol. The maximum Gasteiger partial charge on any atom is 0.240 e. The fourth-order valence-electron chi connectivity index (χ4n) is 1.85. The number of imidazole rings is 1. The Morgan fingerprint density at radius 2 is 2.00 bits per heavy atom. The molecule has 0 saturated carbocycles. The van der Waals surface area contributed by atoms with Gasteiger partial charge >= 0.3 is 0 Å². The highest BCUT2D eigenvalue weighted by Crippen LogP contribution is 2.13. The van der Waals surface area contributed by atoms with Crippen molar-refractivity contribution in [1.29, 1.82) is 0 Å². The topological polar surface area (TPSA) is 74.8 Å². The van der Waals surface area contributed by atoms with Crippen LogP contribution in [-0.2, 0) is 16.4 Å². The summed E-state index contributed by atoms with van der Waals surface area (Å²) < 4.78 is 26.8. The highest BCUT2D eigenvalue weighted by molar-refractivity contribution is 7.89. The van der Waals surface area contributed by atoms with Crippen LogP contribution in [0.25, 0.3) is 0 Å². The van der Waals surface area contributed by atoms with Gasteiger partial charge in [-0.05, 0) is 25.5 Å². The zero-order chi connectivity index (χ0) is 13.9. The highest BCUT2D eigenvalue weighted by Gasteiger charge is 2.15. The maximum atomic E-state index is 12.1. The molecule has 0 bridgehead atoms. The molecule has 2 aromatic rings. The lowest BCUT2D eigenvalue weighted by Crippen LogP contribution is -2.26. The SMILES string of the molecule is Cc1ncc(CCNS(=O)(=O)c2ccccc2C)[nH]1. The van der Waals surface area contributed by atoms with Gasteiger partial charge in [-0.2, -0.15) is 0 Å². The number of aromatic amines is 1. The molecule has 6 heteroatoms. The third-order valence-electron chi connectivity index (χ3n) is 2.83. The van der Waals surface area contributed by atoms with Gasteiger partial charge in [-0.1, -0.05) is 18.2 Å². The normalized spacial score (nSPS) is 11.7. The van der Waals surface area contributed by atoms with Gasteiger partial charge in [0.1, 0.15) is 5.82 Å². The molecule has 0 aliphatic heterocycles. The molecule has 1 heterocycles. The summed E-state index contributed by atoms with van der Waals surface area (Å²) in [5, 5.41) is 0. The summed E-state index contributed by atoms with van der Waals surface area (Å²) in [6, 6.07) is 6.94. The van der Waals surface area contributed by atoms with E-state index < -0.39 is 10.0 Å². The molecule has 1 aromatic carbocycles. The lowest BCUT2D eigenvalue weighted by molar-refractivity contribution is 0.580. The molecule has 0 radical (unpaired) electrons. The largest absolute Gasteiger partial charge is 0.346 e. The van der Waals surface area contributed by atoms with Gasteiger partial charge in [0.25, 0.3) is 0 Å². The number of nitrogens with zero attached hydrogens (tertiary/aromatic N) is 1. The van der Waals surface area contributed by atoms with Crippen LogP contribution in [0.5, 0.6) is 0 Å². The number of aryl methyl sites for hydroxylation is 2. The summed E-state index contributed by atoms with van der Waals surface area (Å²) in [7, 11) is -3.44. The molecule has 2 rings (SSSR count). The van der Waals surface area contributed by atoms with Gasteiger partial charge in [-0.25, -0.2) is 18.1 Å². The van der Waals surface area contributed by atoms with E-state index in [2.05, 4.69) is 14.7 Å². The third-order valence-corrected chi connectivity index (χ3v) is 4.45. The van der Waals surface area contributed by atoms with Crippen LogP contribution < -0.4 is 4.72 Å². The minimum atomic E-state index is -3.44. The molecular formula is C13H17N3O2S. The molecule has 0 aliphatic carbocycles. The van der Waals surface area contributed by atoms with Crippen LogP contribution in [0.2, 0.25) is 0 Å². The van der Waals surface area contributed by atoms with Gasteiger partial charge < -0.3 is 4.98 Å². The molecule has 1 aromatic heterocycles. The molecule has 0 fully saturated rings. The summed E-state index contributed by atoms with van der Waals surface area (Å²) >= 11 is 0. The van der Waals surface area contributed by atoms with Gasteiger partial charge in [0.2, 0.25) is 10.0 Å². The van der Waals surface area contributed by atoms with Crippen LogP contribution in [0.4, 0.5) is 0 Å². The van der Waals surface area contributed by atoms with Crippen molar-refractivity contribution in [3.8, 4) is 0 Å². The second kappa shape index (κ2) is 5.54. The van der Waals surface area contributed by atoms with Crippen LogP contribution in [0.3, 0.4) is 0 Å². The van der Waals surface area contributed by atoms with Crippen molar-refractivity contribution in [3.63, 3.8) is 0 Å². The quantitative estimate of drug-likeness (QED) is 0.872. The first-order valence-corrected chi connectivity index (χ1v) is 7.53. The van der Waals surface area contributed by atoms with Crippen molar-refractivity contribution >= 4 is 10.0 Å². The summed E-state index contributed by atoms with van der Waals surface area (Å²) in [5.74, 6) is 0.830. The first kappa shape index (κ1) is 13.8. The second-order valence-corrected chi connectivity index (χ2v) is 6.14. The van der Waals surface area contributed by atoms with Crippen molar-refractivity contribution in [2.75, 3.05) is 6.54 Å². The highest BCUT2D eigenvalue weighted by atomic mass is 32.2. The Morgan fingerprint density at radius 3 is 2.63 bits per heavy atom. The molecule has 0 saturated heterocycles. The number of benzene rings is 1. The maximum absolute atomic E-state index is 12.1. The van der Waals surface area contributed by atoms with E-state index in [0.29, 0.717) is 17.9 Å². The minimum absolute atomic E-state index is 0.329. The molecule has 0 aliphatic rings. The van der Waals surface area contributed by atoms with Crippen molar-refractivity contribution in [3.05, 3.63) is 47.5 Å². The van der Waals surface area contributed by atoms with E-state index in [1.807, 2.05) is 13.0 Å². The van der Waals surface area contributed by atoms with Crippen LogP contribution in [0.1, 0.15) is 17.1 Å². The van der Waals surface area contributed by atoms with Gasteiger partial charge in [-0.3, -0.25) is 0 Å². The monoisotopic (exact) mass is 279 g/mol. The van der Waals surface area contributed by atoms with Gasteiger partial charge in [0, 0.05) is 24.9 Å². The number of H-pyrrole nitrogens is 1. The Hall–Kier alpha value is -1.66. The smallest absolute Gasteiger partial charge is 0.240 e. The standard InChI is InChI=1S/C13H17N3O2S/c1-10-5-3-4-6-13(10)19(17,18)15-8-7-12-9-14-11(2)16-12/h3-6,9,15H,7-8H2,1-2H3,(H,14,16). The lowest BCUT2D eigenvalue weighted by atomic mass is 10.2. The van der Waals surface area contributed by atoms with Crippen molar-refractivity contribution in [1.82, 2.24) is 14.7 Å². The van der Waals surface area contributed by atoms with E-state index in [1.54, 1.807) is 31.3 Å². The number of nitrogens with one attached hydrogen (secondary N) is 2. The van der Waals surface area contributed by atoms with E-state index in [1.165, 1.54) is 0 Å². The molecule has 0 unspecified atom stereocenters. The van der Waals surface area contributed by atoms with Crippen molar-refractivity contribution in [2.45, 2.75) is 25.2 Å². The van der Waals surface area contributed by atoms with Gasteiger partial charge in [0.15, 0.2) is 0 Å². The molecule has 2 N–H and O–H groups in total. The number of rotatable bonds is 5. The number of hydrogen-bond donors (Lipinski definition) is 2. The first-order chi connectivity index (χ1) is 8.99. The average molecular weight is 279 g/mol. The molecule has 102 valence electrons. The van der Waals surface area contributed by atoms with E-state index in [4.69, 9.17) is 0 Å². The van der Waals surface area contributed by atoms with E-state index in [0.717, 1.165) is 17.1 Å². The summed E-state index contributed by atoms with van der Waals surface area (Å²) in [6.45, 7) is 3.99. The summed E-state index contributed by atoms with van der Waals surface area (Å²) in [5.41, 5.74) is 1.66. The van der Waals surface area contributed by atoms with Crippen LogP contribution in [0, 0.1) is 13.8 Å². The first-order valence-electron chi connectivity index (χ1n) is 6.05. The van der Waals surface area contributed by atoms with Crippen LogP contribution in [0.15, 0.2) is 35.4 Å². The number of hydrogen-bond acceptors (Lipinski definition) is 3. The number of sulfonamides is 1. The summed E-state index contributed by atoms with van der Waals surface area (Å²) in [6.07, 6.45) is 2.31. The number of aromatic nitrogens is 2. The van der Waals surface area contributed by atoms with Crippen molar-refractivity contribution in [2.24, 2.45) is 0 Å². The Bertz CT molecular complexity index is 662. The van der Waals surface area contributed by atoms with E-state index in [-0.39, 0.29) is 0 Å². The Kier molecular flexibility index (Phi) is 4.01. The average Bonchev–Trinajstić information content (AvgIpc) is 2.75. The van der Waals surface area contributed by atoms with Crippen LogP contribution >= 0.6 is 0 Å². The summed E-state index contributed by atoms with van der Waals surface area (Å²) in [4.78, 5) is 7.47. The van der Waals surface area contributed by atoms with E-state index in [9.17, 15) is 8.42 Å². The molecular weight excluding hydrogens is 262 g/mol. The second-order valence-electron chi connectivity index (χ2n) is 4.41. The Morgan fingerprint density at radius 1 is 1.26 bits per heavy atom. The minimum Gasteiger partial charge on any atom is -0.346 e. The molecule has 0 amide bonds. The Balaban J connectivity index is 2.01. The molecule has 19 heavy (non-hydrogen) atoms. The predicted octanol–water partition coefficient (Wildman–Crippen LogP) is 1.55.